The molecule has 168 valence electrons. The largest absolute Gasteiger partial charge is 0.416 e. The molecule has 0 aliphatic carbocycles. The first kappa shape index (κ1) is 23.6. The highest BCUT2D eigenvalue weighted by Crippen LogP contribution is 2.29. The quantitative estimate of drug-likeness (QED) is 0.554. The Bertz CT molecular complexity index is 1290. The number of aromatic nitrogens is 2. The van der Waals surface area contributed by atoms with Gasteiger partial charge in [0, 0.05) is 17.2 Å². The van der Waals surface area contributed by atoms with Gasteiger partial charge in [-0.25, -0.2) is 0 Å². The van der Waals surface area contributed by atoms with Gasteiger partial charge in [0.1, 0.15) is 10.7 Å². The Morgan fingerprint density at radius 2 is 1.31 bits per heavy atom. The molecule has 0 saturated carbocycles. The normalized spacial score (nSPS) is 13.2. The maximum atomic E-state index is 12.7. The van der Waals surface area contributed by atoms with E-state index in [1.54, 1.807) is 17.8 Å². The molecule has 0 saturated heterocycles. The Morgan fingerprint density at radius 3 is 1.75 bits per heavy atom. The molecule has 2 N–H and O–H groups in total. The summed E-state index contributed by atoms with van der Waals surface area (Å²) in [6.45, 7) is 0.963. The number of rotatable bonds is 6. The van der Waals surface area contributed by atoms with E-state index >= 15 is 0 Å². The van der Waals surface area contributed by atoms with E-state index in [1.165, 1.54) is 18.2 Å². The number of aromatic amines is 2. The van der Waals surface area contributed by atoms with E-state index in [0.29, 0.717) is 5.56 Å². The van der Waals surface area contributed by atoms with Crippen molar-refractivity contribution in [1.29, 1.82) is 0 Å². The van der Waals surface area contributed by atoms with Crippen LogP contribution in [-0.4, -0.2) is 41.3 Å². The monoisotopic (exact) mass is 461 g/mol. The van der Waals surface area contributed by atoms with Crippen molar-refractivity contribution in [3.63, 3.8) is 0 Å². The third-order valence-electron chi connectivity index (χ3n) is 4.53. The van der Waals surface area contributed by atoms with Crippen LogP contribution in [0.4, 0.5) is 13.2 Å². The molecule has 0 fully saturated rings. The molecule has 1 heterocycles. The number of H-pyrrole nitrogens is 2. The molecule has 0 aliphatic heterocycles. The molecule has 1 aromatic heterocycles. The zero-order valence-corrected chi connectivity index (χ0v) is 18.3. The Kier molecular flexibility index (Phi) is 7.42. The first-order valence-corrected chi connectivity index (χ1v) is 10.7. The number of alkyl halides is 3. The van der Waals surface area contributed by atoms with Crippen LogP contribution in [0.15, 0.2) is 63.0 Å². The summed E-state index contributed by atoms with van der Waals surface area (Å²) in [6.07, 6.45) is -1.55. The summed E-state index contributed by atoms with van der Waals surface area (Å²) in [5.74, 6) is 0.958. The van der Waals surface area contributed by atoms with Gasteiger partial charge in [-0.2, -0.15) is 13.2 Å². The van der Waals surface area contributed by atoms with Crippen LogP contribution in [0.2, 0.25) is 0 Å². The summed E-state index contributed by atoms with van der Waals surface area (Å²) < 4.78 is 38.0. The summed E-state index contributed by atoms with van der Waals surface area (Å²) in [5.41, 5.74) is -0.733. The fourth-order valence-corrected chi connectivity index (χ4v) is 3.82. The van der Waals surface area contributed by atoms with Crippen molar-refractivity contribution in [2.75, 3.05) is 26.4 Å². The number of nitrogens with one attached hydrogen (secondary N) is 2. The van der Waals surface area contributed by atoms with Crippen LogP contribution in [0.3, 0.4) is 0 Å². The Labute approximate surface area is 186 Å². The van der Waals surface area contributed by atoms with Crippen LogP contribution in [0.25, 0.3) is 12.2 Å². The number of hydrogen-bond acceptors (Lipinski definition) is 4. The molecular formula is C23H22F3N3O2S. The highest BCUT2D eigenvalue weighted by molar-refractivity contribution is 7.99. The minimum atomic E-state index is -4.44. The van der Waals surface area contributed by atoms with Crippen molar-refractivity contribution in [3.05, 3.63) is 96.6 Å². The van der Waals surface area contributed by atoms with E-state index in [4.69, 9.17) is 0 Å². The van der Waals surface area contributed by atoms with Gasteiger partial charge in [0.25, 0.3) is 11.1 Å². The third-order valence-corrected chi connectivity index (χ3v) is 5.53. The fraction of sp³-hybridized carbons (Fsp3) is 0.217. The lowest BCUT2D eigenvalue weighted by atomic mass is 10.1. The second-order valence-electron chi connectivity index (χ2n) is 7.36. The molecule has 5 nitrogen and oxygen atoms in total. The smallest absolute Gasteiger partial charge is 0.316 e. The van der Waals surface area contributed by atoms with Crippen LogP contribution >= 0.6 is 11.8 Å². The fourth-order valence-electron chi connectivity index (χ4n) is 2.80. The minimum absolute atomic E-state index is 0.0421. The number of benzene rings is 2. The van der Waals surface area contributed by atoms with E-state index < -0.39 is 22.9 Å². The zero-order chi connectivity index (χ0) is 23.3. The molecule has 0 unspecified atom stereocenters. The van der Waals surface area contributed by atoms with Gasteiger partial charge < -0.3 is 14.9 Å². The van der Waals surface area contributed by atoms with Crippen LogP contribution in [0, 0.1) is 0 Å². The van der Waals surface area contributed by atoms with E-state index in [9.17, 15) is 22.8 Å². The molecule has 2 aromatic carbocycles. The molecule has 0 amide bonds. The van der Waals surface area contributed by atoms with Gasteiger partial charge in [0.15, 0.2) is 0 Å². The molecule has 9 heteroatoms. The van der Waals surface area contributed by atoms with Gasteiger partial charge in [0.2, 0.25) is 0 Å². The van der Waals surface area contributed by atoms with Gasteiger partial charge in [-0.05, 0) is 61.6 Å². The highest BCUT2D eigenvalue weighted by atomic mass is 32.2. The van der Waals surface area contributed by atoms with E-state index in [2.05, 4.69) is 14.9 Å². The van der Waals surface area contributed by atoms with Crippen LogP contribution in [0.1, 0.15) is 16.7 Å². The summed E-state index contributed by atoms with van der Waals surface area (Å²) in [7, 11) is 4.03. The van der Waals surface area contributed by atoms with Crippen molar-refractivity contribution in [2.45, 2.75) is 11.1 Å². The predicted molar refractivity (Wildman–Crippen MR) is 121 cm³/mol. The minimum Gasteiger partial charge on any atom is -0.316 e. The van der Waals surface area contributed by atoms with Gasteiger partial charge in [0.05, 0.1) is 5.56 Å². The molecule has 3 rings (SSSR count). The van der Waals surface area contributed by atoms with Crippen LogP contribution in [0.5, 0.6) is 0 Å². The zero-order valence-electron chi connectivity index (χ0n) is 17.5. The van der Waals surface area contributed by atoms with Crippen molar-refractivity contribution >= 4 is 23.9 Å². The second-order valence-corrected chi connectivity index (χ2v) is 8.53. The molecule has 0 aliphatic rings. The van der Waals surface area contributed by atoms with E-state index in [-0.39, 0.29) is 10.7 Å². The molecule has 3 aromatic rings. The Balaban J connectivity index is 1.84. The predicted octanol–water partition coefficient (Wildman–Crippen LogP) is 2.39. The lowest BCUT2D eigenvalue weighted by Gasteiger charge is -2.08. The summed E-state index contributed by atoms with van der Waals surface area (Å²) in [6, 6.07) is 11.9. The Hall–Kier alpha value is -3.04. The van der Waals surface area contributed by atoms with E-state index in [1.807, 2.05) is 38.4 Å². The maximum absolute atomic E-state index is 12.7. The summed E-state index contributed by atoms with van der Waals surface area (Å²) in [5, 5.41) is 0.0483. The molecule has 0 bridgehead atoms. The van der Waals surface area contributed by atoms with Crippen molar-refractivity contribution in [3.8, 4) is 0 Å². The highest BCUT2D eigenvalue weighted by Gasteiger charge is 2.29. The van der Waals surface area contributed by atoms with Gasteiger partial charge >= 0.3 is 6.18 Å². The molecule has 32 heavy (non-hydrogen) atoms. The average Bonchev–Trinajstić information content (AvgIpc) is 2.72. The summed E-state index contributed by atoms with van der Waals surface area (Å²) in [4.78, 5) is 33.0. The lowest BCUT2D eigenvalue weighted by molar-refractivity contribution is -0.137. The summed E-state index contributed by atoms with van der Waals surface area (Å²) >= 11 is 1.73. The molecular weight excluding hydrogens is 439 g/mol. The average molecular weight is 462 g/mol. The Morgan fingerprint density at radius 1 is 0.844 bits per heavy atom. The van der Waals surface area contributed by atoms with Gasteiger partial charge in [-0.1, -0.05) is 24.3 Å². The van der Waals surface area contributed by atoms with Crippen LogP contribution < -0.4 is 21.8 Å². The topological polar surface area (TPSA) is 69.0 Å². The number of hydrogen-bond donors (Lipinski definition) is 2. The number of nitrogens with zero attached hydrogens (tertiary/aromatic N) is 1. The number of halogens is 3. The molecule has 0 radical (unpaired) electrons. The third kappa shape index (κ3) is 6.48. The van der Waals surface area contributed by atoms with Crippen molar-refractivity contribution in [2.24, 2.45) is 0 Å². The first-order valence-electron chi connectivity index (χ1n) is 9.73. The second kappa shape index (κ2) is 10.1. The molecule has 0 spiro atoms. The lowest BCUT2D eigenvalue weighted by Crippen LogP contribution is -2.46. The van der Waals surface area contributed by atoms with E-state index in [0.717, 1.165) is 34.9 Å². The first-order chi connectivity index (χ1) is 15.1. The standard InChI is InChI=1S/C23H22F3N3O2S/c1-29(2)11-12-32-18-9-5-16(6-10-18)14-20-22(31)27-19(21(30)28-20)13-15-3-7-17(8-4-15)23(24,25)26/h3-10,13-14H,11-12H2,1-2H3,(H,27,31)(H,28,30). The van der Waals surface area contributed by atoms with Crippen molar-refractivity contribution < 1.29 is 13.2 Å². The van der Waals surface area contributed by atoms with Crippen molar-refractivity contribution in [1.82, 2.24) is 14.9 Å². The van der Waals surface area contributed by atoms with Gasteiger partial charge in [-0.3, -0.25) is 9.59 Å². The molecule has 0 atom stereocenters. The SMILES string of the molecule is CN(C)CCSc1ccc(C=c2[nH]c(=O)c(=Cc3ccc(C(F)(F)F)cc3)[nH]c2=O)cc1. The van der Waals surface area contributed by atoms with Gasteiger partial charge in [-0.15, -0.1) is 11.8 Å². The maximum Gasteiger partial charge on any atom is 0.416 e. The number of thioether (sulfide) groups is 1. The van der Waals surface area contributed by atoms with Crippen LogP contribution in [-0.2, 0) is 6.18 Å².